The van der Waals surface area contributed by atoms with Gasteiger partial charge in [0.05, 0.1) is 25.0 Å². The summed E-state index contributed by atoms with van der Waals surface area (Å²) < 4.78 is 30.2. The number of carbonyl (C=O) groups is 3. The lowest BCUT2D eigenvalue weighted by atomic mass is 9.91. The van der Waals surface area contributed by atoms with Crippen LogP contribution >= 0.6 is 0 Å². The van der Waals surface area contributed by atoms with Gasteiger partial charge >= 0.3 is 12.1 Å². The van der Waals surface area contributed by atoms with E-state index in [4.69, 9.17) is 14.9 Å². The Balaban J connectivity index is 2.26. The maximum absolute atomic E-state index is 15.0. The average Bonchev–Trinajstić information content (AvgIpc) is 3.00. The first kappa shape index (κ1) is 23.7. The van der Waals surface area contributed by atoms with Crippen LogP contribution in [0, 0.1) is 17.7 Å². The summed E-state index contributed by atoms with van der Waals surface area (Å²) in [4.78, 5) is 35.0. The Bertz CT molecular complexity index is 1040. The summed E-state index contributed by atoms with van der Waals surface area (Å²) >= 11 is 0. The molecule has 0 fully saturated rings. The van der Waals surface area contributed by atoms with Crippen LogP contribution in [-0.2, 0) is 19.1 Å². The molecule has 0 saturated heterocycles. The molecule has 2 aromatic rings. The van der Waals surface area contributed by atoms with E-state index in [0.29, 0.717) is 5.56 Å². The van der Waals surface area contributed by atoms with Crippen LogP contribution in [0.2, 0.25) is 0 Å². The van der Waals surface area contributed by atoms with Crippen molar-refractivity contribution in [3.8, 4) is 11.8 Å². The van der Waals surface area contributed by atoms with E-state index in [0.717, 1.165) is 0 Å². The zero-order valence-corrected chi connectivity index (χ0v) is 17.8. The van der Waals surface area contributed by atoms with E-state index < -0.39 is 35.3 Å². The molecule has 1 unspecified atom stereocenters. The molecule has 0 radical (unpaired) electrons. The molecule has 0 aliphatic rings. The van der Waals surface area contributed by atoms with Crippen molar-refractivity contribution in [1.82, 2.24) is 5.32 Å². The molecule has 1 aromatic carbocycles. The van der Waals surface area contributed by atoms with Crippen molar-refractivity contribution in [2.24, 2.45) is 5.73 Å². The molecule has 0 spiro atoms. The number of hydrogen-bond acceptors (Lipinski definition) is 6. The van der Waals surface area contributed by atoms with Gasteiger partial charge < -0.3 is 24.9 Å². The summed E-state index contributed by atoms with van der Waals surface area (Å²) in [5.41, 5.74) is 5.33. The Morgan fingerprint density at radius 1 is 1.29 bits per heavy atom. The van der Waals surface area contributed by atoms with Crippen LogP contribution in [0.4, 0.5) is 9.18 Å². The number of methoxy groups -OCH3 is 1. The van der Waals surface area contributed by atoms with Gasteiger partial charge in [-0.3, -0.25) is 9.59 Å². The first-order valence-electron chi connectivity index (χ1n) is 9.56. The second kappa shape index (κ2) is 9.98. The highest BCUT2D eigenvalue weighted by atomic mass is 19.1. The molecule has 0 aliphatic heterocycles. The lowest BCUT2D eigenvalue weighted by molar-refractivity contribution is -0.140. The maximum atomic E-state index is 15.0. The van der Waals surface area contributed by atoms with Crippen LogP contribution in [0.1, 0.15) is 50.9 Å². The predicted molar refractivity (Wildman–Crippen MR) is 110 cm³/mol. The number of rotatable bonds is 6. The Morgan fingerprint density at radius 2 is 2.00 bits per heavy atom. The van der Waals surface area contributed by atoms with E-state index in [9.17, 15) is 14.4 Å². The number of fused-ring (bicyclic) bond motifs is 1. The standard InChI is InChI=1S/C22H25FN2O6/c1-22(2,3)31-21(28)25-12-6-9-16-19(23)18-13(7-5-8-15(18)30-16)14(20(24)27)10-11-17(26)29-4/h5,7-8,14H,10-12H2,1-4H3,(H2,24,27)(H,25,28). The molecular formula is C22H25FN2O6. The lowest BCUT2D eigenvalue weighted by Crippen LogP contribution is -2.32. The number of carbonyl (C=O) groups excluding carboxylic acids is 3. The average molecular weight is 432 g/mol. The van der Waals surface area contributed by atoms with Crippen molar-refractivity contribution < 1.29 is 32.7 Å². The van der Waals surface area contributed by atoms with Crippen LogP contribution in [-0.4, -0.2) is 37.2 Å². The number of halogens is 1. The highest BCUT2D eigenvalue weighted by Crippen LogP contribution is 2.33. The van der Waals surface area contributed by atoms with Crippen molar-refractivity contribution >= 4 is 28.9 Å². The SMILES string of the molecule is COC(=O)CCC(C(N)=O)c1cccc2oc(C#CCNC(=O)OC(C)(C)C)c(F)c12. The van der Waals surface area contributed by atoms with Gasteiger partial charge in [0.25, 0.3) is 0 Å². The van der Waals surface area contributed by atoms with E-state index in [1.807, 2.05) is 0 Å². The van der Waals surface area contributed by atoms with Crippen LogP contribution in [0.15, 0.2) is 22.6 Å². The Hall–Kier alpha value is -3.54. The molecule has 3 N–H and O–H groups in total. The highest BCUT2D eigenvalue weighted by molar-refractivity contribution is 5.91. The lowest BCUT2D eigenvalue weighted by Gasteiger charge is -2.18. The molecule has 8 nitrogen and oxygen atoms in total. The Labute approximate surface area is 179 Å². The van der Waals surface area contributed by atoms with E-state index in [2.05, 4.69) is 21.9 Å². The third-order valence-electron chi connectivity index (χ3n) is 4.19. The minimum Gasteiger partial charge on any atom is -0.469 e. The number of alkyl carbamates (subject to hydrolysis) is 1. The Kier molecular flexibility index (Phi) is 7.64. The summed E-state index contributed by atoms with van der Waals surface area (Å²) in [6.45, 7) is 5.10. The van der Waals surface area contributed by atoms with Gasteiger partial charge in [0, 0.05) is 6.42 Å². The zero-order valence-electron chi connectivity index (χ0n) is 17.8. The van der Waals surface area contributed by atoms with Crippen molar-refractivity contribution in [3.05, 3.63) is 35.3 Å². The fourth-order valence-electron chi connectivity index (χ4n) is 2.88. The first-order valence-corrected chi connectivity index (χ1v) is 9.56. The number of benzene rings is 1. The molecule has 1 atom stereocenters. The van der Waals surface area contributed by atoms with E-state index in [1.165, 1.54) is 13.2 Å². The smallest absolute Gasteiger partial charge is 0.408 e. The topological polar surface area (TPSA) is 121 Å². The van der Waals surface area contributed by atoms with Gasteiger partial charge in [0.2, 0.25) is 11.7 Å². The molecule has 0 saturated carbocycles. The third kappa shape index (κ3) is 6.47. The number of hydrogen-bond donors (Lipinski definition) is 2. The molecule has 2 amide bonds. The summed E-state index contributed by atoms with van der Waals surface area (Å²) in [5, 5.41) is 2.51. The molecule has 1 heterocycles. The van der Waals surface area contributed by atoms with E-state index >= 15 is 4.39 Å². The zero-order chi connectivity index (χ0) is 23.2. The summed E-state index contributed by atoms with van der Waals surface area (Å²) in [6, 6.07) is 4.68. The summed E-state index contributed by atoms with van der Waals surface area (Å²) in [7, 11) is 1.24. The van der Waals surface area contributed by atoms with E-state index in [-0.39, 0.29) is 36.1 Å². The first-order chi connectivity index (χ1) is 14.5. The molecule has 0 bridgehead atoms. The molecule has 9 heteroatoms. The normalized spacial score (nSPS) is 11.9. The van der Waals surface area contributed by atoms with Crippen LogP contribution < -0.4 is 11.1 Å². The van der Waals surface area contributed by atoms with Gasteiger partial charge in [-0.05, 0) is 44.7 Å². The second-order valence-corrected chi connectivity index (χ2v) is 7.69. The van der Waals surface area contributed by atoms with Gasteiger partial charge in [0.15, 0.2) is 5.82 Å². The number of ether oxygens (including phenoxy) is 2. The molecular weight excluding hydrogens is 407 g/mol. The van der Waals surface area contributed by atoms with E-state index in [1.54, 1.807) is 32.9 Å². The number of primary amides is 1. The van der Waals surface area contributed by atoms with Crippen LogP contribution in [0.3, 0.4) is 0 Å². The van der Waals surface area contributed by atoms with Crippen LogP contribution in [0.25, 0.3) is 11.0 Å². The summed E-state index contributed by atoms with van der Waals surface area (Å²) in [5.74, 6) is 2.00. The number of esters is 1. The van der Waals surface area contributed by atoms with Crippen LogP contribution in [0.5, 0.6) is 0 Å². The van der Waals surface area contributed by atoms with Crippen molar-refractivity contribution in [2.75, 3.05) is 13.7 Å². The molecule has 166 valence electrons. The second-order valence-electron chi connectivity index (χ2n) is 7.69. The largest absolute Gasteiger partial charge is 0.469 e. The molecule has 2 rings (SSSR count). The number of nitrogens with two attached hydrogens (primary N) is 1. The minimum absolute atomic E-state index is 0.0526. The number of furan rings is 1. The van der Waals surface area contributed by atoms with Crippen molar-refractivity contribution in [3.63, 3.8) is 0 Å². The number of nitrogens with one attached hydrogen (secondary N) is 1. The third-order valence-corrected chi connectivity index (χ3v) is 4.19. The fraction of sp³-hybridized carbons (Fsp3) is 0.409. The molecule has 1 aromatic heterocycles. The monoisotopic (exact) mass is 432 g/mol. The van der Waals surface area contributed by atoms with Crippen molar-refractivity contribution in [1.29, 1.82) is 0 Å². The molecule has 31 heavy (non-hydrogen) atoms. The van der Waals surface area contributed by atoms with Gasteiger partial charge in [0.1, 0.15) is 11.2 Å². The highest BCUT2D eigenvalue weighted by Gasteiger charge is 2.25. The quantitative estimate of drug-likeness (QED) is 0.535. The van der Waals surface area contributed by atoms with Gasteiger partial charge in [-0.15, -0.1) is 0 Å². The van der Waals surface area contributed by atoms with Gasteiger partial charge in [-0.1, -0.05) is 18.1 Å². The molecule has 0 aliphatic carbocycles. The number of amides is 2. The minimum atomic E-state index is -0.912. The predicted octanol–water partition coefficient (Wildman–Crippen LogP) is 2.97. The fourth-order valence-corrected chi connectivity index (χ4v) is 2.88. The Morgan fingerprint density at radius 3 is 2.61 bits per heavy atom. The summed E-state index contributed by atoms with van der Waals surface area (Å²) in [6.07, 6.45) is -0.640. The maximum Gasteiger partial charge on any atom is 0.408 e. The van der Waals surface area contributed by atoms with Gasteiger partial charge in [-0.25, -0.2) is 9.18 Å². The van der Waals surface area contributed by atoms with Gasteiger partial charge in [-0.2, -0.15) is 0 Å². The van der Waals surface area contributed by atoms with Crippen molar-refractivity contribution in [2.45, 2.75) is 45.1 Å².